The molecular formula is C18H30N4O4S. The van der Waals surface area contributed by atoms with Gasteiger partial charge in [0.25, 0.3) is 0 Å². The molecule has 0 saturated carbocycles. The summed E-state index contributed by atoms with van der Waals surface area (Å²) < 4.78 is 32.6. The fraction of sp³-hybridized carbons (Fsp3) is 0.611. The molecule has 9 heteroatoms. The molecule has 0 spiro atoms. The van der Waals surface area contributed by atoms with E-state index in [1.807, 2.05) is 19.0 Å². The second-order valence-electron chi connectivity index (χ2n) is 6.76. The summed E-state index contributed by atoms with van der Waals surface area (Å²) in [7, 11) is 1.64. The Morgan fingerprint density at radius 2 is 1.74 bits per heavy atom. The fourth-order valence-corrected chi connectivity index (χ4v) is 4.28. The van der Waals surface area contributed by atoms with E-state index in [2.05, 4.69) is 5.32 Å². The van der Waals surface area contributed by atoms with Crippen LogP contribution in [-0.4, -0.2) is 95.4 Å². The molecule has 1 aromatic carbocycles. The Hall–Kier alpha value is -1.68. The number of sulfonamides is 1. The number of hydrogen-bond acceptors (Lipinski definition) is 6. The summed E-state index contributed by atoms with van der Waals surface area (Å²) in [6.07, 6.45) is 0.183. The van der Waals surface area contributed by atoms with Crippen LogP contribution in [0.2, 0.25) is 0 Å². The van der Waals surface area contributed by atoms with E-state index in [0.717, 1.165) is 13.1 Å². The molecule has 2 rings (SSSR count). The minimum atomic E-state index is -3.68. The van der Waals surface area contributed by atoms with Crippen molar-refractivity contribution in [2.24, 2.45) is 0 Å². The smallest absolute Gasteiger partial charge is 0.243 e. The minimum Gasteiger partial charge on any atom is -0.497 e. The zero-order valence-corrected chi connectivity index (χ0v) is 17.2. The third kappa shape index (κ3) is 6.17. The number of piperazine rings is 1. The van der Waals surface area contributed by atoms with Crippen molar-refractivity contribution >= 4 is 15.9 Å². The van der Waals surface area contributed by atoms with Crippen LogP contribution in [0.4, 0.5) is 0 Å². The van der Waals surface area contributed by atoms with Gasteiger partial charge in [-0.2, -0.15) is 4.31 Å². The van der Waals surface area contributed by atoms with Gasteiger partial charge in [0.1, 0.15) is 5.75 Å². The first kappa shape index (κ1) is 21.6. The summed E-state index contributed by atoms with van der Waals surface area (Å²) in [5.74, 6) is 0.596. The molecule has 1 aromatic rings. The number of benzene rings is 1. The van der Waals surface area contributed by atoms with Crippen LogP contribution >= 0.6 is 0 Å². The van der Waals surface area contributed by atoms with Gasteiger partial charge in [-0.25, -0.2) is 8.42 Å². The topological polar surface area (TPSA) is 82.2 Å². The molecule has 0 atom stereocenters. The number of carbonyl (C=O) groups is 1. The van der Waals surface area contributed by atoms with Crippen LogP contribution in [0.15, 0.2) is 29.2 Å². The highest BCUT2D eigenvalue weighted by atomic mass is 32.2. The first-order valence-electron chi connectivity index (χ1n) is 9.12. The Bertz CT molecular complexity index is 701. The number of carbonyl (C=O) groups excluding carboxylic acids is 1. The molecule has 8 nitrogen and oxygen atoms in total. The van der Waals surface area contributed by atoms with Crippen molar-refractivity contribution in [3.05, 3.63) is 24.3 Å². The minimum absolute atomic E-state index is 0.00344. The molecule has 0 aromatic heterocycles. The summed E-state index contributed by atoms with van der Waals surface area (Å²) in [4.78, 5) is 16.4. The molecule has 1 aliphatic rings. The molecule has 1 heterocycles. The first-order chi connectivity index (χ1) is 12.8. The van der Waals surface area contributed by atoms with E-state index in [9.17, 15) is 13.2 Å². The lowest BCUT2D eigenvalue weighted by molar-refractivity contribution is -0.131. The van der Waals surface area contributed by atoms with Gasteiger partial charge in [-0.1, -0.05) is 0 Å². The quantitative estimate of drug-likeness (QED) is 0.634. The number of nitrogens with zero attached hydrogens (tertiary/aromatic N) is 3. The van der Waals surface area contributed by atoms with Gasteiger partial charge in [0.15, 0.2) is 0 Å². The fourth-order valence-electron chi connectivity index (χ4n) is 2.85. The molecule has 0 radical (unpaired) electrons. The molecule has 1 fully saturated rings. The highest BCUT2D eigenvalue weighted by molar-refractivity contribution is 7.89. The van der Waals surface area contributed by atoms with Gasteiger partial charge in [-0.3, -0.25) is 4.79 Å². The van der Waals surface area contributed by atoms with Crippen LogP contribution in [0, 0.1) is 0 Å². The third-order valence-corrected chi connectivity index (χ3v) is 6.45. The predicted molar refractivity (Wildman–Crippen MR) is 104 cm³/mol. The summed E-state index contributed by atoms with van der Waals surface area (Å²) >= 11 is 0. The molecule has 152 valence electrons. The van der Waals surface area contributed by atoms with Crippen molar-refractivity contribution in [3.63, 3.8) is 0 Å². The summed E-state index contributed by atoms with van der Waals surface area (Å²) in [6, 6.07) is 6.33. The number of amides is 1. The molecule has 27 heavy (non-hydrogen) atoms. The molecule has 0 bridgehead atoms. The summed E-state index contributed by atoms with van der Waals surface area (Å²) in [5.41, 5.74) is 0. The van der Waals surface area contributed by atoms with Crippen LogP contribution in [0.3, 0.4) is 0 Å². The maximum Gasteiger partial charge on any atom is 0.243 e. The van der Waals surface area contributed by atoms with E-state index in [1.165, 1.54) is 23.5 Å². The van der Waals surface area contributed by atoms with E-state index in [1.54, 1.807) is 17.0 Å². The average Bonchev–Trinajstić information content (AvgIpc) is 2.68. The SMILES string of the molecule is COc1ccc(S(=O)(=O)N(CCC(=O)N2CCNCC2)CCN(C)C)cc1. The van der Waals surface area contributed by atoms with Crippen molar-refractivity contribution in [1.29, 1.82) is 0 Å². The second-order valence-corrected chi connectivity index (χ2v) is 8.70. The Balaban J connectivity index is 2.10. The van der Waals surface area contributed by atoms with E-state index >= 15 is 0 Å². The van der Waals surface area contributed by atoms with Gasteiger partial charge in [0.05, 0.1) is 12.0 Å². The van der Waals surface area contributed by atoms with Crippen molar-refractivity contribution in [2.45, 2.75) is 11.3 Å². The van der Waals surface area contributed by atoms with E-state index in [0.29, 0.717) is 31.9 Å². The summed E-state index contributed by atoms with van der Waals surface area (Å²) in [5, 5.41) is 3.21. The Labute approximate surface area is 162 Å². The van der Waals surface area contributed by atoms with Gasteiger partial charge in [-0.05, 0) is 38.4 Å². The number of likely N-dealkylation sites (N-methyl/N-ethyl adjacent to an activating group) is 1. The lowest BCUT2D eigenvalue weighted by Crippen LogP contribution is -2.47. The third-order valence-electron chi connectivity index (χ3n) is 4.54. The van der Waals surface area contributed by atoms with Gasteiger partial charge >= 0.3 is 0 Å². The second kappa shape index (κ2) is 10.0. The molecule has 0 aliphatic carbocycles. The Kier molecular flexibility index (Phi) is 8.03. The number of rotatable bonds is 9. The van der Waals surface area contributed by atoms with Gasteiger partial charge in [0.2, 0.25) is 15.9 Å². The Morgan fingerprint density at radius 1 is 1.11 bits per heavy atom. The zero-order valence-electron chi connectivity index (χ0n) is 16.3. The van der Waals surface area contributed by atoms with Crippen LogP contribution < -0.4 is 10.1 Å². The van der Waals surface area contributed by atoms with Gasteiger partial charge < -0.3 is 19.9 Å². The van der Waals surface area contributed by atoms with Gasteiger partial charge in [0, 0.05) is 52.2 Å². The number of hydrogen-bond donors (Lipinski definition) is 1. The van der Waals surface area contributed by atoms with Crippen LogP contribution in [0.5, 0.6) is 5.75 Å². The van der Waals surface area contributed by atoms with Crippen molar-refractivity contribution in [3.8, 4) is 5.75 Å². The van der Waals surface area contributed by atoms with Crippen LogP contribution in [0.1, 0.15) is 6.42 Å². The summed E-state index contributed by atoms with van der Waals surface area (Å²) in [6.45, 7) is 3.97. The predicted octanol–water partition coefficient (Wildman–Crippen LogP) is 0.0694. The van der Waals surface area contributed by atoms with Crippen molar-refractivity contribution < 1.29 is 17.9 Å². The molecular weight excluding hydrogens is 368 g/mol. The Morgan fingerprint density at radius 3 is 2.30 bits per heavy atom. The maximum absolute atomic E-state index is 13.1. The highest BCUT2D eigenvalue weighted by Crippen LogP contribution is 2.20. The highest BCUT2D eigenvalue weighted by Gasteiger charge is 2.26. The molecule has 1 amide bonds. The standard InChI is InChI=1S/C18H30N4O4S/c1-20(2)14-15-22(11-8-18(23)21-12-9-19-10-13-21)27(24,25)17-6-4-16(26-3)5-7-17/h4-7,19H,8-15H2,1-3H3. The maximum atomic E-state index is 13.1. The van der Waals surface area contributed by atoms with Crippen LogP contribution in [-0.2, 0) is 14.8 Å². The van der Waals surface area contributed by atoms with Crippen molar-refractivity contribution in [1.82, 2.24) is 19.4 Å². The normalized spacial score (nSPS) is 15.4. The van der Waals surface area contributed by atoms with E-state index in [-0.39, 0.29) is 23.8 Å². The first-order valence-corrected chi connectivity index (χ1v) is 10.6. The van der Waals surface area contributed by atoms with Gasteiger partial charge in [-0.15, -0.1) is 0 Å². The molecule has 1 N–H and O–H groups in total. The number of methoxy groups -OCH3 is 1. The number of nitrogens with one attached hydrogen (secondary N) is 1. The monoisotopic (exact) mass is 398 g/mol. The molecule has 1 saturated heterocycles. The molecule has 0 unspecified atom stereocenters. The van der Waals surface area contributed by atoms with E-state index in [4.69, 9.17) is 4.74 Å². The lowest BCUT2D eigenvalue weighted by Gasteiger charge is -2.29. The number of ether oxygens (including phenoxy) is 1. The average molecular weight is 399 g/mol. The molecule has 1 aliphatic heterocycles. The zero-order chi connectivity index (χ0) is 19.9. The van der Waals surface area contributed by atoms with Crippen molar-refractivity contribution in [2.75, 3.05) is 67.0 Å². The largest absolute Gasteiger partial charge is 0.497 e. The lowest BCUT2D eigenvalue weighted by atomic mass is 10.3. The van der Waals surface area contributed by atoms with E-state index < -0.39 is 10.0 Å². The van der Waals surface area contributed by atoms with Crippen LogP contribution in [0.25, 0.3) is 0 Å².